The number of aromatic amines is 1. The molecule has 0 atom stereocenters. The average molecular weight is 623 g/mol. The van der Waals surface area contributed by atoms with Gasteiger partial charge in [0.15, 0.2) is 0 Å². The van der Waals surface area contributed by atoms with Crippen molar-refractivity contribution in [3.05, 3.63) is 80.5 Å². The van der Waals surface area contributed by atoms with Crippen molar-refractivity contribution in [2.24, 2.45) is 0 Å². The monoisotopic (exact) mass is 623 g/mol. The highest BCUT2D eigenvalue weighted by atomic mass is 127. The Kier molecular flexibility index (Phi) is 9.92. The molecule has 1 radical (unpaired) electrons. The Hall–Kier alpha value is -2.14. The second-order valence-corrected chi connectivity index (χ2v) is 7.39. The Labute approximate surface area is 192 Å². The molecule has 4 rings (SSSR count). The predicted octanol–water partition coefficient (Wildman–Crippen LogP) is 3.15. The van der Waals surface area contributed by atoms with Gasteiger partial charge in [0.25, 0.3) is 0 Å². The number of hydrogen-bond acceptors (Lipinski definition) is 6. The zero-order valence-electron chi connectivity index (χ0n) is 14.5. The van der Waals surface area contributed by atoms with Crippen molar-refractivity contribution in [2.75, 3.05) is 0 Å². The van der Waals surface area contributed by atoms with Gasteiger partial charge in [-0.25, -0.2) is 14.6 Å². The average Bonchev–Trinajstić information content (AvgIpc) is 3.37. The fraction of sp³-hybridized carbons (Fsp3) is 0. The minimum atomic E-state index is -0.578. The van der Waals surface area contributed by atoms with Gasteiger partial charge in [0.2, 0.25) is 11.9 Å². The Morgan fingerprint density at radius 1 is 0.966 bits per heavy atom. The van der Waals surface area contributed by atoms with E-state index >= 15 is 0 Å². The van der Waals surface area contributed by atoms with Crippen LogP contribution in [0.15, 0.2) is 61.4 Å². The summed E-state index contributed by atoms with van der Waals surface area (Å²) in [6, 6.07) is 5.43. The van der Waals surface area contributed by atoms with Crippen LogP contribution in [0.5, 0.6) is 5.75 Å². The molecule has 0 fully saturated rings. The third-order valence-electron chi connectivity index (χ3n) is 2.88. The standard InChI is InChI=1S/C8H5FIN3.C5H4BFNO2.C3H3IN2/c9-8-2-1-7(4-11-8)13-5-6(10)3-12-13;7-5-2-1-4(3-8-5)10-6-9;4-3-1-5-6-2-3/h1-5H;1-3,9H;1-2H,(H,5,6). The molecule has 4 aromatic heterocycles. The topological polar surface area (TPSA) is 102 Å². The fourth-order valence-electron chi connectivity index (χ4n) is 1.67. The van der Waals surface area contributed by atoms with Gasteiger partial charge in [0.05, 0.1) is 37.6 Å². The summed E-state index contributed by atoms with van der Waals surface area (Å²) < 4.78 is 32.8. The van der Waals surface area contributed by atoms with Gasteiger partial charge in [0.1, 0.15) is 5.75 Å². The molecular weight excluding hydrogens is 611 g/mol. The molecule has 0 saturated carbocycles. The van der Waals surface area contributed by atoms with Gasteiger partial charge in [0, 0.05) is 12.4 Å². The Morgan fingerprint density at radius 2 is 1.69 bits per heavy atom. The number of aromatic nitrogens is 6. The van der Waals surface area contributed by atoms with E-state index in [0.29, 0.717) is 13.4 Å². The first-order valence-electron chi connectivity index (χ1n) is 7.68. The van der Waals surface area contributed by atoms with E-state index in [0.717, 1.165) is 18.9 Å². The molecule has 13 heteroatoms. The lowest BCUT2D eigenvalue weighted by Gasteiger charge is -1.98. The maximum Gasteiger partial charge on any atom is 0.569 e. The molecule has 2 N–H and O–H groups in total. The Bertz CT molecular complexity index is 972. The second kappa shape index (κ2) is 12.4. The van der Waals surface area contributed by atoms with Crippen LogP contribution in [0.25, 0.3) is 5.69 Å². The number of nitrogens with one attached hydrogen (secondary N) is 1. The first kappa shape index (κ1) is 23.1. The highest BCUT2D eigenvalue weighted by Crippen LogP contribution is 2.08. The first-order chi connectivity index (χ1) is 14.0. The normalized spacial score (nSPS) is 9.55. The van der Waals surface area contributed by atoms with E-state index < -0.39 is 11.9 Å². The molecule has 149 valence electrons. The number of H-pyrrole nitrogens is 1. The fourth-order valence-corrected chi connectivity index (χ4v) is 2.34. The zero-order chi connectivity index (χ0) is 21.1. The lowest BCUT2D eigenvalue weighted by atomic mass is 10.4. The zero-order valence-corrected chi connectivity index (χ0v) is 18.8. The molecule has 0 aliphatic rings. The van der Waals surface area contributed by atoms with Gasteiger partial charge in [-0.1, -0.05) is 0 Å². The van der Waals surface area contributed by atoms with E-state index in [9.17, 15) is 8.78 Å². The van der Waals surface area contributed by atoms with Crippen LogP contribution in [0.1, 0.15) is 0 Å². The highest BCUT2D eigenvalue weighted by molar-refractivity contribution is 14.1. The van der Waals surface area contributed by atoms with Crippen LogP contribution < -0.4 is 4.65 Å². The summed E-state index contributed by atoms with van der Waals surface area (Å²) in [5.41, 5.74) is 0.754. The SMILES string of the molecule is Fc1ccc(-n2cc(I)cn2)cn1.Ic1cn[nH]c1.O[B]Oc1ccc(F)nc1. The summed E-state index contributed by atoms with van der Waals surface area (Å²) in [7, 11) is 0.509. The smallest absolute Gasteiger partial charge is 0.536 e. The lowest BCUT2D eigenvalue weighted by Crippen LogP contribution is -1.99. The molecule has 0 aromatic carbocycles. The third-order valence-corrected chi connectivity index (χ3v) is 4.03. The van der Waals surface area contributed by atoms with Crippen LogP contribution in [0.2, 0.25) is 0 Å². The van der Waals surface area contributed by atoms with Crippen LogP contribution in [0.3, 0.4) is 0 Å². The number of hydrogen-bond donors (Lipinski definition) is 2. The molecule has 0 aliphatic carbocycles. The minimum Gasteiger partial charge on any atom is -0.536 e. The van der Waals surface area contributed by atoms with E-state index in [1.807, 2.05) is 12.4 Å². The number of halogens is 4. The van der Waals surface area contributed by atoms with Gasteiger partial charge in [-0.2, -0.15) is 19.0 Å². The van der Waals surface area contributed by atoms with Crippen LogP contribution in [-0.2, 0) is 0 Å². The molecule has 0 aliphatic heterocycles. The second-order valence-electron chi connectivity index (χ2n) is 4.90. The van der Waals surface area contributed by atoms with Crippen molar-refractivity contribution >= 4 is 52.9 Å². The van der Waals surface area contributed by atoms with E-state index in [4.69, 9.17) is 5.02 Å². The van der Waals surface area contributed by atoms with Gasteiger partial charge < -0.3 is 9.68 Å². The molecule has 4 heterocycles. The third kappa shape index (κ3) is 8.82. The van der Waals surface area contributed by atoms with Gasteiger partial charge in [-0.05, 0) is 69.4 Å². The predicted molar refractivity (Wildman–Crippen MR) is 118 cm³/mol. The van der Waals surface area contributed by atoms with E-state index in [1.54, 1.807) is 23.1 Å². The number of pyridine rings is 2. The summed E-state index contributed by atoms with van der Waals surface area (Å²) >= 11 is 4.34. The van der Waals surface area contributed by atoms with E-state index in [2.05, 4.69) is 75.1 Å². The van der Waals surface area contributed by atoms with Crippen LogP contribution in [0.4, 0.5) is 8.78 Å². The van der Waals surface area contributed by atoms with Crippen molar-refractivity contribution < 1.29 is 18.5 Å². The Balaban J connectivity index is 0.000000166. The van der Waals surface area contributed by atoms with Crippen molar-refractivity contribution in [3.63, 3.8) is 0 Å². The molecule has 29 heavy (non-hydrogen) atoms. The van der Waals surface area contributed by atoms with Crippen LogP contribution in [-0.4, -0.2) is 42.7 Å². The van der Waals surface area contributed by atoms with Gasteiger partial charge in [-0.15, -0.1) is 0 Å². The Morgan fingerprint density at radius 3 is 2.10 bits per heavy atom. The summed E-state index contributed by atoms with van der Waals surface area (Å²) in [4.78, 5) is 6.81. The van der Waals surface area contributed by atoms with E-state index in [1.165, 1.54) is 24.5 Å². The molecule has 0 bridgehead atoms. The summed E-state index contributed by atoms with van der Waals surface area (Å²) in [5, 5.41) is 18.5. The van der Waals surface area contributed by atoms with Gasteiger partial charge in [-0.3, -0.25) is 5.10 Å². The molecule has 0 spiro atoms. The minimum absolute atomic E-state index is 0.295. The molecule has 4 aromatic rings. The van der Waals surface area contributed by atoms with Crippen molar-refractivity contribution in [1.29, 1.82) is 0 Å². The molecule has 0 unspecified atom stereocenters. The summed E-state index contributed by atoms with van der Waals surface area (Å²) in [5.74, 6) is -0.764. The molecule has 8 nitrogen and oxygen atoms in total. The maximum absolute atomic E-state index is 12.5. The van der Waals surface area contributed by atoms with Crippen LogP contribution >= 0.6 is 45.2 Å². The molecule has 0 amide bonds. The highest BCUT2D eigenvalue weighted by Gasteiger charge is 1.99. The first-order valence-corrected chi connectivity index (χ1v) is 9.84. The van der Waals surface area contributed by atoms with Crippen molar-refractivity contribution in [2.45, 2.75) is 0 Å². The van der Waals surface area contributed by atoms with Gasteiger partial charge >= 0.3 is 7.69 Å². The summed E-state index contributed by atoms with van der Waals surface area (Å²) in [6.45, 7) is 0. The number of rotatable bonds is 3. The van der Waals surface area contributed by atoms with Crippen LogP contribution in [0, 0.1) is 19.0 Å². The van der Waals surface area contributed by atoms with E-state index in [-0.39, 0.29) is 0 Å². The quantitative estimate of drug-likeness (QED) is 0.207. The number of nitrogens with zero attached hydrogens (tertiary/aromatic N) is 5. The maximum atomic E-state index is 12.5. The molecule has 0 saturated heterocycles. The molecular formula is C16H12BF2I2N6O2. The summed E-state index contributed by atoms with van der Waals surface area (Å²) in [6.07, 6.45) is 9.78. The van der Waals surface area contributed by atoms with Crippen molar-refractivity contribution in [3.8, 4) is 11.4 Å². The largest absolute Gasteiger partial charge is 0.569 e. The lowest BCUT2D eigenvalue weighted by molar-refractivity contribution is 0.450. The van der Waals surface area contributed by atoms with Crippen molar-refractivity contribution in [1.82, 2.24) is 29.9 Å².